The van der Waals surface area contributed by atoms with Crippen molar-refractivity contribution < 1.29 is 14.1 Å². The van der Waals surface area contributed by atoms with Gasteiger partial charge in [-0.3, -0.25) is 14.9 Å². The molecule has 0 amide bonds. The maximum atomic E-state index is 13.6. The Morgan fingerprint density at radius 3 is 2.62 bits per heavy atom. The molecule has 0 bridgehead atoms. The largest absolute Gasteiger partial charge is 0.481 e. The number of ether oxygens (including phenoxy) is 1. The first-order valence-electron chi connectivity index (χ1n) is 12.2. The Morgan fingerprint density at radius 2 is 1.80 bits per heavy atom. The molecule has 2 heterocycles. The van der Waals surface area contributed by atoms with Gasteiger partial charge < -0.3 is 9.15 Å². The van der Waals surface area contributed by atoms with Gasteiger partial charge in [-0.05, 0) is 48.0 Å². The van der Waals surface area contributed by atoms with Gasteiger partial charge in [0.15, 0.2) is 5.76 Å². The molecule has 0 saturated heterocycles. The van der Waals surface area contributed by atoms with E-state index in [0.717, 1.165) is 15.6 Å². The highest BCUT2D eigenvalue weighted by molar-refractivity contribution is 6.31. The fourth-order valence-electron chi connectivity index (χ4n) is 4.31. The lowest BCUT2D eigenvalue weighted by Crippen LogP contribution is -2.20. The van der Waals surface area contributed by atoms with Crippen molar-refractivity contribution in [2.75, 3.05) is 0 Å². The van der Waals surface area contributed by atoms with Crippen molar-refractivity contribution >= 4 is 45.4 Å². The Balaban J connectivity index is 1.48. The van der Waals surface area contributed by atoms with Crippen molar-refractivity contribution in [2.45, 2.75) is 6.61 Å². The van der Waals surface area contributed by atoms with E-state index in [1.807, 2.05) is 30.3 Å². The summed E-state index contributed by atoms with van der Waals surface area (Å²) in [4.78, 5) is 29.5. The number of hydrogen-bond donors (Lipinski definition) is 0. The first kappa shape index (κ1) is 25.0. The SMILES string of the molecule is O=c1c2ccccc2nc(-c2cc3cc(Cl)ccc3o2)n1N=Cc1cccc([N+](=O)[O-])c1OCc1ccccc1. The summed E-state index contributed by atoms with van der Waals surface area (Å²) in [5, 5.41) is 17.9. The van der Waals surface area contributed by atoms with Crippen molar-refractivity contribution in [1.29, 1.82) is 0 Å². The minimum absolute atomic E-state index is 0.0295. The number of aromatic nitrogens is 2. The van der Waals surface area contributed by atoms with Gasteiger partial charge in [0.1, 0.15) is 12.2 Å². The summed E-state index contributed by atoms with van der Waals surface area (Å²) in [6, 6.07) is 27.6. The van der Waals surface area contributed by atoms with Crippen LogP contribution < -0.4 is 10.3 Å². The summed E-state index contributed by atoms with van der Waals surface area (Å²) in [6.07, 6.45) is 1.34. The minimum atomic E-state index is -0.521. The molecule has 0 aliphatic heterocycles. The zero-order valence-corrected chi connectivity index (χ0v) is 21.5. The summed E-state index contributed by atoms with van der Waals surface area (Å²) < 4.78 is 13.0. The summed E-state index contributed by atoms with van der Waals surface area (Å²) in [6.45, 7) is 0.108. The van der Waals surface area contributed by atoms with Gasteiger partial charge in [-0.1, -0.05) is 60.1 Å². The Bertz CT molecular complexity index is 1980. The third-order valence-electron chi connectivity index (χ3n) is 6.21. The topological polar surface area (TPSA) is 113 Å². The Labute approximate surface area is 231 Å². The molecular weight excluding hydrogens is 532 g/mol. The molecule has 6 aromatic rings. The number of nitro benzene ring substituents is 1. The van der Waals surface area contributed by atoms with Crippen molar-refractivity contribution in [1.82, 2.24) is 9.66 Å². The number of nitrogens with zero attached hydrogens (tertiary/aromatic N) is 4. The molecule has 196 valence electrons. The average Bonchev–Trinajstić information content (AvgIpc) is 3.39. The molecule has 0 fully saturated rings. The highest BCUT2D eigenvalue weighted by Crippen LogP contribution is 2.32. The molecule has 0 spiro atoms. The fraction of sp³-hybridized carbons (Fsp3) is 0.0333. The van der Waals surface area contributed by atoms with Crippen LogP contribution in [0.25, 0.3) is 33.5 Å². The quantitative estimate of drug-likeness (QED) is 0.122. The molecule has 0 radical (unpaired) electrons. The van der Waals surface area contributed by atoms with Crippen molar-refractivity contribution in [3.63, 3.8) is 0 Å². The molecule has 0 unspecified atom stereocenters. The highest BCUT2D eigenvalue weighted by atomic mass is 35.5. The Morgan fingerprint density at radius 1 is 1.00 bits per heavy atom. The summed E-state index contributed by atoms with van der Waals surface area (Å²) in [7, 11) is 0. The molecule has 0 saturated carbocycles. The number of benzene rings is 4. The van der Waals surface area contributed by atoms with E-state index in [4.69, 9.17) is 20.8 Å². The van der Waals surface area contributed by atoms with E-state index in [0.29, 0.717) is 32.8 Å². The van der Waals surface area contributed by atoms with Crippen LogP contribution in [-0.4, -0.2) is 20.8 Å². The van der Waals surface area contributed by atoms with Gasteiger partial charge in [-0.15, -0.1) is 0 Å². The van der Waals surface area contributed by atoms with E-state index >= 15 is 0 Å². The molecule has 0 atom stereocenters. The molecule has 4 aromatic carbocycles. The van der Waals surface area contributed by atoms with Gasteiger partial charge in [0.2, 0.25) is 11.6 Å². The van der Waals surface area contributed by atoms with Crippen molar-refractivity contribution in [3.8, 4) is 17.3 Å². The summed E-state index contributed by atoms with van der Waals surface area (Å²) in [5.41, 5.74) is 1.52. The number of para-hydroxylation sites is 2. The smallest absolute Gasteiger partial charge is 0.311 e. The monoisotopic (exact) mass is 550 g/mol. The summed E-state index contributed by atoms with van der Waals surface area (Å²) >= 11 is 6.14. The molecule has 0 aliphatic carbocycles. The minimum Gasteiger partial charge on any atom is -0.481 e. The Hall–Kier alpha value is -5.28. The van der Waals surface area contributed by atoms with E-state index in [2.05, 4.69) is 10.1 Å². The van der Waals surface area contributed by atoms with Gasteiger partial charge in [0.25, 0.3) is 5.56 Å². The molecule has 0 aliphatic rings. The fourth-order valence-corrected chi connectivity index (χ4v) is 4.49. The van der Waals surface area contributed by atoms with Crippen LogP contribution in [-0.2, 0) is 6.61 Å². The second-order valence-corrected chi connectivity index (χ2v) is 9.27. The lowest BCUT2D eigenvalue weighted by atomic mass is 10.2. The van der Waals surface area contributed by atoms with E-state index in [1.54, 1.807) is 54.6 Å². The highest BCUT2D eigenvalue weighted by Gasteiger charge is 2.20. The third-order valence-corrected chi connectivity index (χ3v) is 6.45. The number of furan rings is 1. The predicted octanol–water partition coefficient (Wildman–Crippen LogP) is 6.83. The van der Waals surface area contributed by atoms with Crippen LogP contribution in [0.5, 0.6) is 5.75 Å². The van der Waals surface area contributed by atoms with E-state index in [1.165, 1.54) is 18.3 Å². The number of nitro groups is 1. The second-order valence-electron chi connectivity index (χ2n) is 8.83. The van der Waals surface area contributed by atoms with Crippen LogP contribution in [0, 0.1) is 10.1 Å². The predicted molar refractivity (Wildman–Crippen MR) is 153 cm³/mol. The molecule has 2 aromatic heterocycles. The zero-order valence-electron chi connectivity index (χ0n) is 20.7. The first-order valence-corrected chi connectivity index (χ1v) is 12.6. The van der Waals surface area contributed by atoms with Gasteiger partial charge in [0, 0.05) is 22.0 Å². The van der Waals surface area contributed by atoms with Crippen LogP contribution in [0.1, 0.15) is 11.1 Å². The van der Waals surface area contributed by atoms with E-state index < -0.39 is 10.5 Å². The molecule has 10 heteroatoms. The van der Waals surface area contributed by atoms with Crippen molar-refractivity contribution in [2.24, 2.45) is 5.10 Å². The number of rotatable bonds is 7. The van der Waals surface area contributed by atoms with Gasteiger partial charge in [0.05, 0.1) is 22.0 Å². The van der Waals surface area contributed by atoms with E-state index in [-0.39, 0.29) is 23.9 Å². The first-order chi connectivity index (χ1) is 19.5. The number of fused-ring (bicyclic) bond motifs is 2. The lowest BCUT2D eigenvalue weighted by Gasteiger charge is -2.10. The molecule has 6 rings (SSSR count). The normalized spacial score (nSPS) is 11.4. The van der Waals surface area contributed by atoms with Crippen LogP contribution in [0.15, 0.2) is 111 Å². The molecule has 0 N–H and O–H groups in total. The maximum Gasteiger partial charge on any atom is 0.311 e. The van der Waals surface area contributed by atoms with Gasteiger partial charge in [-0.25, -0.2) is 4.98 Å². The van der Waals surface area contributed by atoms with Gasteiger partial charge >= 0.3 is 5.69 Å². The maximum absolute atomic E-state index is 13.6. The second kappa shape index (κ2) is 10.5. The van der Waals surface area contributed by atoms with Crippen LogP contribution in [0.2, 0.25) is 5.02 Å². The number of hydrogen-bond acceptors (Lipinski definition) is 7. The average molecular weight is 551 g/mol. The van der Waals surface area contributed by atoms with Crippen LogP contribution in [0.3, 0.4) is 0 Å². The molecule has 9 nitrogen and oxygen atoms in total. The zero-order chi connectivity index (χ0) is 27.6. The van der Waals surface area contributed by atoms with Gasteiger partial charge in [-0.2, -0.15) is 9.78 Å². The van der Waals surface area contributed by atoms with Crippen molar-refractivity contribution in [3.05, 3.63) is 134 Å². The lowest BCUT2D eigenvalue weighted by molar-refractivity contribution is -0.385. The number of halogens is 1. The third kappa shape index (κ3) is 4.81. The van der Waals surface area contributed by atoms with E-state index in [9.17, 15) is 14.9 Å². The van der Waals surface area contributed by atoms with Crippen LogP contribution >= 0.6 is 11.6 Å². The van der Waals surface area contributed by atoms with Crippen LogP contribution in [0.4, 0.5) is 5.69 Å². The summed E-state index contributed by atoms with van der Waals surface area (Å²) in [5.74, 6) is 0.489. The molecular formula is C30H19ClN4O5. The Kier molecular flexibility index (Phi) is 6.55. The molecule has 40 heavy (non-hydrogen) atoms. The standard InChI is InChI=1S/C30H19ClN4O5/c31-22-13-14-26-21(15-22)16-27(40-26)29-33-24-11-5-4-10-23(24)30(36)34(29)32-17-20-9-6-12-25(35(37)38)28(20)39-18-19-7-2-1-3-8-19/h1-17H,18H2.